The predicted octanol–water partition coefficient (Wildman–Crippen LogP) is 12.1. The van der Waals surface area contributed by atoms with Crippen LogP contribution in [0.5, 0.6) is 0 Å². The lowest BCUT2D eigenvalue weighted by molar-refractivity contribution is 1.07. The Bertz CT molecular complexity index is 2440. The molecule has 0 unspecified atom stereocenters. The molecule has 0 bridgehead atoms. The van der Waals surface area contributed by atoms with Crippen molar-refractivity contribution in [2.75, 3.05) is 0 Å². The molecule has 0 N–H and O–H groups in total. The monoisotopic (exact) mass is 685 g/mol. The van der Waals surface area contributed by atoms with Crippen molar-refractivity contribution in [3.8, 4) is 78.7 Å². The topological polar surface area (TPSA) is 38.7 Å². The van der Waals surface area contributed by atoms with Gasteiger partial charge in [-0.25, -0.2) is 15.0 Å². The average molecular weight is 686 g/mol. The summed E-state index contributed by atoms with van der Waals surface area (Å²) in [5.41, 5.74) is 12.4. The Morgan fingerprint density at radius 2 is 0.538 bits per heavy atom. The Hall–Kier alpha value is -6.23. The number of hydrogen-bond acceptors (Lipinski definition) is 3. The summed E-state index contributed by atoms with van der Waals surface area (Å²) in [6.07, 6.45) is 0. The molecule has 3 nitrogen and oxygen atoms in total. The molecule has 250 valence electrons. The van der Waals surface area contributed by atoms with Crippen molar-refractivity contribution in [3.05, 3.63) is 182 Å². The van der Waals surface area contributed by atoms with E-state index in [-0.39, 0.29) is 0 Å². The molecule has 8 rings (SSSR count). The lowest BCUT2D eigenvalue weighted by Gasteiger charge is -2.17. The van der Waals surface area contributed by atoms with Crippen molar-refractivity contribution in [3.63, 3.8) is 0 Å². The molecular weight excluding hydrogens is 647 g/mol. The third-order valence-corrected chi connectivity index (χ3v) is 11.5. The van der Waals surface area contributed by atoms with Crippen LogP contribution in [0.2, 0.25) is 19.6 Å². The Balaban J connectivity index is 1.12. The minimum Gasteiger partial charge on any atom is -0.208 e. The van der Waals surface area contributed by atoms with E-state index >= 15 is 0 Å². The normalized spacial score (nSPS) is 11.4. The highest BCUT2D eigenvalue weighted by Gasteiger charge is 2.17. The molecule has 0 aliphatic heterocycles. The summed E-state index contributed by atoms with van der Waals surface area (Å²) in [6.45, 7) is 7.20. The van der Waals surface area contributed by atoms with E-state index in [0.717, 1.165) is 27.8 Å². The van der Waals surface area contributed by atoms with Crippen LogP contribution >= 0.6 is 0 Å². The second-order valence-corrected chi connectivity index (χ2v) is 19.3. The summed E-state index contributed by atoms with van der Waals surface area (Å²) in [5, 5.41) is 1.48. The molecular formula is C48H39N3Si. The zero-order valence-electron chi connectivity index (χ0n) is 29.7. The lowest BCUT2D eigenvalue weighted by atomic mass is 9.94. The van der Waals surface area contributed by atoms with E-state index in [1.54, 1.807) is 0 Å². The molecule has 0 saturated carbocycles. The molecule has 1 aromatic heterocycles. The molecule has 52 heavy (non-hydrogen) atoms. The van der Waals surface area contributed by atoms with Gasteiger partial charge in [0.2, 0.25) is 0 Å². The number of hydrogen-bond donors (Lipinski definition) is 0. The van der Waals surface area contributed by atoms with Crippen molar-refractivity contribution in [2.45, 2.75) is 19.6 Å². The van der Waals surface area contributed by atoms with E-state index in [4.69, 9.17) is 15.0 Å². The van der Waals surface area contributed by atoms with Crippen LogP contribution in [0.4, 0.5) is 0 Å². The van der Waals surface area contributed by atoms with Crippen molar-refractivity contribution in [1.29, 1.82) is 0 Å². The minimum atomic E-state index is -1.41. The van der Waals surface area contributed by atoms with Gasteiger partial charge in [0.15, 0.2) is 17.5 Å². The van der Waals surface area contributed by atoms with Crippen molar-refractivity contribution in [1.82, 2.24) is 15.0 Å². The molecule has 0 fully saturated rings. The molecule has 0 aliphatic carbocycles. The van der Waals surface area contributed by atoms with E-state index < -0.39 is 8.07 Å². The molecule has 0 spiro atoms. The quantitative estimate of drug-likeness (QED) is 0.149. The van der Waals surface area contributed by atoms with Gasteiger partial charge in [-0.15, -0.1) is 0 Å². The summed E-state index contributed by atoms with van der Waals surface area (Å²) in [7, 11) is -1.41. The van der Waals surface area contributed by atoms with Gasteiger partial charge >= 0.3 is 0 Å². The molecule has 8 aromatic rings. The molecule has 0 amide bonds. The van der Waals surface area contributed by atoms with Gasteiger partial charge in [0, 0.05) is 16.7 Å². The third kappa shape index (κ3) is 7.16. The average Bonchev–Trinajstić information content (AvgIpc) is 3.21. The zero-order chi connectivity index (χ0) is 35.5. The number of benzene rings is 7. The Labute approximate surface area is 307 Å². The van der Waals surface area contributed by atoms with Crippen LogP contribution in [0.25, 0.3) is 78.7 Å². The van der Waals surface area contributed by atoms with E-state index in [1.807, 2.05) is 60.7 Å². The molecule has 0 aliphatic rings. The fourth-order valence-electron chi connectivity index (χ4n) is 6.58. The maximum atomic E-state index is 4.96. The van der Waals surface area contributed by atoms with Gasteiger partial charge in [0.05, 0.1) is 8.07 Å². The maximum Gasteiger partial charge on any atom is 0.164 e. The Morgan fingerprint density at radius 3 is 0.904 bits per heavy atom. The van der Waals surface area contributed by atoms with Gasteiger partial charge in [-0.3, -0.25) is 0 Å². The highest BCUT2D eigenvalue weighted by Crippen LogP contribution is 2.33. The predicted molar refractivity (Wildman–Crippen MR) is 221 cm³/mol. The van der Waals surface area contributed by atoms with Gasteiger partial charge in [0.1, 0.15) is 0 Å². The summed E-state index contributed by atoms with van der Waals surface area (Å²) in [6, 6.07) is 64.3. The number of aromatic nitrogens is 3. The molecule has 7 aromatic carbocycles. The van der Waals surface area contributed by atoms with Gasteiger partial charge in [-0.1, -0.05) is 183 Å². The first-order chi connectivity index (χ1) is 25.4. The first-order valence-corrected chi connectivity index (χ1v) is 21.3. The highest BCUT2D eigenvalue weighted by molar-refractivity contribution is 6.88. The van der Waals surface area contributed by atoms with E-state index in [1.165, 1.54) is 38.6 Å². The Kier molecular flexibility index (Phi) is 8.98. The lowest BCUT2D eigenvalue weighted by Crippen LogP contribution is -2.37. The summed E-state index contributed by atoms with van der Waals surface area (Å²) in [5.74, 6) is 1.96. The minimum absolute atomic E-state index is 0.646. The molecule has 1 heterocycles. The fourth-order valence-corrected chi connectivity index (χ4v) is 7.76. The van der Waals surface area contributed by atoms with Gasteiger partial charge in [-0.05, 0) is 68.8 Å². The van der Waals surface area contributed by atoms with Crippen LogP contribution in [0, 0.1) is 0 Å². The standard InChI is InChI=1S/C48H39N3Si/c1-52(2,3)45-28-14-26-43(33-45)41-24-12-22-39(31-41)37-20-10-19-36(29-37)38-21-11-23-40(30-38)42-25-13-27-44(32-42)48-50-46(34-15-6-4-7-16-34)49-47(51-48)35-17-8-5-9-18-35/h4-33H,1-3H3. The summed E-state index contributed by atoms with van der Waals surface area (Å²) in [4.78, 5) is 14.8. The van der Waals surface area contributed by atoms with Crippen molar-refractivity contribution < 1.29 is 0 Å². The molecule has 0 radical (unpaired) electrons. The van der Waals surface area contributed by atoms with E-state index in [2.05, 4.69) is 141 Å². The van der Waals surface area contributed by atoms with Gasteiger partial charge in [-0.2, -0.15) is 0 Å². The number of rotatable bonds is 8. The largest absolute Gasteiger partial charge is 0.208 e. The van der Waals surface area contributed by atoms with Gasteiger partial charge in [0.25, 0.3) is 0 Å². The van der Waals surface area contributed by atoms with Crippen molar-refractivity contribution in [2.24, 2.45) is 0 Å². The van der Waals surface area contributed by atoms with Crippen LogP contribution in [-0.2, 0) is 0 Å². The number of nitrogens with zero attached hydrogens (tertiary/aromatic N) is 3. The van der Waals surface area contributed by atoms with Crippen LogP contribution < -0.4 is 5.19 Å². The van der Waals surface area contributed by atoms with Crippen LogP contribution in [-0.4, -0.2) is 23.0 Å². The molecule has 0 atom stereocenters. The molecule has 0 saturated heterocycles. The highest BCUT2D eigenvalue weighted by atomic mass is 28.3. The fraction of sp³-hybridized carbons (Fsp3) is 0.0625. The second kappa shape index (κ2) is 14.2. The van der Waals surface area contributed by atoms with Crippen molar-refractivity contribution >= 4 is 13.3 Å². The molecule has 4 heteroatoms. The summed E-state index contributed by atoms with van der Waals surface area (Å²) >= 11 is 0. The second-order valence-electron chi connectivity index (χ2n) is 14.2. The summed E-state index contributed by atoms with van der Waals surface area (Å²) < 4.78 is 0. The van der Waals surface area contributed by atoms with E-state index in [0.29, 0.717) is 17.5 Å². The maximum absolute atomic E-state index is 4.96. The Morgan fingerprint density at radius 1 is 0.269 bits per heavy atom. The van der Waals surface area contributed by atoms with E-state index in [9.17, 15) is 0 Å². The first-order valence-electron chi connectivity index (χ1n) is 17.8. The smallest absolute Gasteiger partial charge is 0.164 e. The van der Waals surface area contributed by atoms with Crippen LogP contribution in [0.1, 0.15) is 0 Å². The van der Waals surface area contributed by atoms with Crippen LogP contribution in [0.15, 0.2) is 182 Å². The van der Waals surface area contributed by atoms with Gasteiger partial charge < -0.3 is 0 Å². The first kappa shape index (κ1) is 32.9. The SMILES string of the molecule is C[Si](C)(C)c1cccc(-c2cccc(-c3cccc(-c4cccc(-c5cccc(-c6nc(-c7ccccc7)nc(-c7ccccc7)n6)c5)c4)c3)c2)c1. The van der Waals surface area contributed by atoms with Crippen LogP contribution in [0.3, 0.4) is 0 Å². The third-order valence-electron chi connectivity index (χ3n) is 9.47. The zero-order valence-corrected chi connectivity index (χ0v) is 30.7.